The van der Waals surface area contributed by atoms with E-state index in [9.17, 15) is 0 Å². The maximum absolute atomic E-state index is 5.45. The van der Waals surface area contributed by atoms with E-state index in [4.69, 9.17) is 9.47 Å². The summed E-state index contributed by atoms with van der Waals surface area (Å²) >= 11 is 0. The number of rotatable bonds is 8. The second-order valence-corrected chi connectivity index (χ2v) is 3.32. The molecule has 0 heterocycles. The normalized spacial score (nSPS) is 15.3. The van der Waals surface area contributed by atoms with Crippen LogP contribution in [0.4, 0.5) is 0 Å². The second-order valence-electron chi connectivity index (χ2n) is 3.32. The van der Waals surface area contributed by atoms with Crippen LogP contribution in [0.25, 0.3) is 0 Å². The zero-order chi connectivity index (χ0) is 10.1. The van der Waals surface area contributed by atoms with Gasteiger partial charge in [0.2, 0.25) is 0 Å². The second kappa shape index (κ2) is 8.27. The number of unbranched alkanes of at least 4 members (excludes halogenated alkanes) is 1. The largest absolute Gasteiger partial charge is 0.359 e. The predicted octanol–water partition coefficient (Wildman–Crippen LogP) is 2.99. The van der Waals surface area contributed by atoms with Gasteiger partial charge in [0.1, 0.15) is 6.79 Å². The van der Waals surface area contributed by atoms with E-state index in [1.807, 2.05) is 6.08 Å². The van der Waals surface area contributed by atoms with Crippen LogP contribution in [0.1, 0.15) is 33.1 Å². The Labute approximate surface area is 81.9 Å². The first-order valence-electron chi connectivity index (χ1n) is 4.99. The highest BCUT2D eigenvalue weighted by molar-refractivity contribution is 4.83. The summed E-state index contributed by atoms with van der Waals surface area (Å²) in [4.78, 5) is 0. The van der Waals surface area contributed by atoms with Crippen LogP contribution >= 0.6 is 0 Å². The summed E-state index contributed by atoms with van der Waals surface area (Å²) in [6.07, 6.45) is 5.81. The lowest BCUT2D eigenvalue weighted by atomic mass is 9.97. The molecule has 2 nitrogen and oxygen atoms in total. The summed E-state index contributed by atoms with van der Waals surface area (Å²) < 4.78 is 10.3. The predicted molar refractivity (Wildman–Crippen MR) is 55.6 cm³/mol. The zero-order valence-electron chi connectivity index (χ0n) is 9.08. The van der Waals surface area contributed by atoms with Gasteiger partial charge in [-0.1, -0.05) is 25.8 Å². The Hall–Kier alpha value is -0.340. The minimum Gasteiger partial charge on any atom is -0.359 e. The van der Waals surface area contributed by atoms with Crippen LogP contribution in [0.3, 0.4) is 0 Å². The fourth-order valence-corrected chi connectivity index (χ4v) is 1.28. The Balaban J connectivity index is 3.70. The Morgan fingerprint density at radius 2 is 2.15 bits per heavy atom. The molecule has 0 amide bonds. The lowest BCUT2D eigenvalue weighted by molar-refractivity contribution is -0.0787. The maximum Gasteiger partial charge on any atom is 0.146 e. The lowest BCUT2D eigenvalue weighted by Crippen LogP contribution is -2.20. The van der Waals surface area contributed by atoms with Gasteiger partial charge in [-0.3, -0.25) is 0 Å². The highest BCUT2D eigenvalue weighted by Crippen LogP contribution is 2.16. The van der Waals surface area contributed by atoms with Crippen LogP contribution in [0, 0.1) is 5.92 Å². The Bertz CT molecular complexity index is 123. The zero-order valence-corrected chi connectivity index (χ0v) is 9.08. The first-order chi connectivity index (χ1) is 6.26. The van der Waals surface area contributed by atoms with E-state index in [1.165, 1.54) is 12.8 Å². The van der Waals surface area contributed by atoms with Crippen LogP contribution in [-0.4, -0.2) is 20.0 Å². The van der Waals surface area contributed by atoms with Gasteiger partial charge in [-0.2, -0.15) is 0 Å². The molecule has 0 N–H and O–H groups in total. The molecule has 0 saturated carbocycles. The molecule has 2 heteroatoms. The van der Waals surface area contributed by atoms with Gasteiger partial charge in [0.25, 0.3) is 0 Å². The molecule has 0 rings (SSSR count). The van der Waals surface area contributed by atoms with E-state index in [-0.39, 0.29) is 6.10 Å². The van der Waals surface area contributed by atoms with Crippen molar-refractivity contribution < 1.29 is 9.47 Å². The number of hydrogen-bond donors (Lipinski definition) is 0. The Kier molecular flexibility index (Phi) is 8.05. The summed E-state index contributed by atoms with van der Waals surface area (Å²) in [6.45, 7) is 8.46. The third kappa shape index (κ3) is 5.83. The van der Waals surface area contributed by atoms with Crippen LogP contribution in [0.2, 0.25) is 0 Å². The molecule has 0 aliphatic heterocycles. The van der Waals surface area contributed by atoms with Crippen LogP contribution in [-0.2, 0) is 9.47 Å². The molecular formula is C11H22O2. The summed E-state index contributed by atoms with van der Waals surface area (Å²) in [5.74, 6) is 0.454. The number of methoxy groups -OCH3 is 1. The number of hydrogen-bond acceptors (Lipinski definition) is 2. The third-order valence-electron chi connectivity index (χ3n) is 2.25. The van der Waals surface area contributed by atoms with Gasteiger partial charge in [-0.15, -0.1) is 6.58 Å². The lowest BCUT2D eigenvalue weighted by Gasteiger charge is -2.20. The average Bonchev–Trinajstić information content (AvgIpc) is 2.16. The highest BCUT2D eigenvalue weighted by Gasteiger charge is 2.13. The molecule has 78 valence electrons. The minimum atomic E-state index is 0.212. The fourth-order valence-electron chi connectivity index (χ4n) is 1.28. The molecule has 13 heavy (non-hydrogen) atoms. The SMILES string of the molecule is C=C[C@@H](CCCC)[C@@H](C)OCOC. The molecule has 0 aromatic heterocycles. The molecule has 0 aliphatic carbocycles. The van der Waals surface area contributed by atoms with E-state index < -0.39 is 0 Å². The quantitative estimate of drug-likeness (QED) is 0.428. The van der Waals surface area contributed by atoms with E-state index >= 15 is 0 Å². The average molecular weight is 186 g/mol. The van der Waals surface area contributed by atoms with Gasteiger partial charge < -0.3 is 9.47 Å². The molecule has 0 bridgehead atoms. The van der Waals surface area contributed by atoms with Crippen molar-refractivity contribution in [3.8, 4) is 0 Å². The molecule has 0 spiro atoms. The topological polar surface area (TPSA) is 18.5 Å². The summed E-state index contributed by atoms with van der Waals surface area (Å²) in [7, 11) is 1.64. The van der Waals surface area contributed by atoms with Crippen molar-refractivity contribution in [3.63, 3.8) is 0 Å². The number of ether oxygens (including phenoxy) is 2. The van der Waals surface area contributed by atoms with E-state index in [0.717, 1.165) is 6.42 Å². The van der Waals surface area contributed by atoms with Crippen molar-refractivity contribution in [2.45, 2.75) is 39.2 Å². The molecule has 0 aromatic rings. The van der Waals surface area contributed by atoms with Gasteiger partial charge in [-0.25, -0.2) is 0 Å². The van der Waals surface area contributed by atoms with Crippen molar-refractivity contribution in [2.75, 3.05) is 13.9 Å². The molecule has 0 unspecified atom stereocenters. The first-order valence-corrected chi connectivity index (χ1v) is 4.99. The van der Waals surface area contributed by atoms with Gasteiger partial charge in [0.15, 0.2) is 0 Å². The Morgan fingerprint density at radius 3 is 2.62 bits per heavy atom. The monoisotopic (exact) mass is 186 g/mol. The maximum atomic E-state index is 5.45. The van der Waals surface area contributed by atoms with Crippen molar-refractivity contribution in [2.24, 2.45) is 5.92 Å². The minimum absolute atomic E-state index is 0.212. The van der Waals surface area contributed by atoms with Crippen molar-refractivity contribution in [1.82, 2.24) is 0 Å². The molecule has 0 saturated heterocycles. The van der Waals surface area contributed by atoms with Crippen LogP contribution in [0.5, 0.6) is 0 Å². The van der Waals surface area contributed by atoms with Gasteiger partial charge in [-0.05, 0) is 13.3 Å². The van der Waals surface area contributed by atoms with Gasteiger partial charge in [0, 0.05) is 13.0 Å². The van der Waals surface area contributed by atoms with Crippen molar-refractivity contribution >= 4 is 0 Å². The summed E-state index contributed by atoms with van der Waals surface area (Å²) in [5, 5.41) is 0. The van der Waals surface area contributed by atoms with Crippen molar-refractivity contribution in [1.29, 1.82) is 0 Å². The first kappa shape index (κ1) is 12.7. The van der Waals surface area contributed by atoms with Crippen LogP contribution in [0.15, 0.2) is 12.7 Å². The van der Waals surface area contributed by atoms with E-state index in [0.29, 0.717) is 12.7 Å². The van der Waals surface area contributed by atoms with Crippen LogP contribution < -0.4 is 0 Å². The molecule has 0 radical (unpaired) electrons. The Morgan fingerprint density at radius 1 is 1.46 bits per heavy atom. The third-order valence-corrected chi connectivity index (χ3v) is 2.25. The van der Waals surface area contributed by atoms with E-state index in [1.54, 1.807) is 7.11 Å². The smallest absolute Gasteiger partial charge is 0.146 e. The van der Waals surface area contributed by atoms with Gasteiger partial charge >= 0.3 is 0 Å². The summed E-state index contributed by atoms with van der Waals surface area (Å²) in [6, 6.07) is 0. The van der Waals surface area contributed by atoms with Gasteiger partial charge in [0.05, 0.1) is 6.10 Å². The summed E-state index contributed by atoms with van der Waals surface area (Å²) in [5.41, 5.74) is 0. The molecule has 0 fully saturated rings. The fraction of sp³-hybridized carbons (Fsp3) is 0.818. The molecule has 0 aliphatic rings. The molecule has 2 atom stereocenters. The van der Waals surface area contributed by atoms with Crippen molar-refractivity contribution in [3.05, 3.63) is 12.7 Å². The highest BCUT2D eigenvalue weighted by atomic mass is 16.7. The molecular weight excluding hydrogens is 164 g/mol. The standard InChI is InChI=1S/C11H22O2/c1-5-7-8-11(6-2)10(3)13-9-12-4/h6,10-11H,2,5,7-9H2,1,3-4H3/t10-,11+/m1/s1. The molecule has 0 aromatic carbocycles. The van der Waals surface area contributed by atoms with E-state index in [2.05, 4.69) is 20.4 Å².